The Balaban J connectivity index is 1.32. The number of nitrogens with zero attached hydrogens (tertiary/aromatic N) is 1. The molecule has 1 aromatic carbocycles. The van der Waals surface area contributed by atoms with Crippen LogP contribution in [0.25, 0.3) is 0 Å². The Morgan fingerprint density at radius 2 is 1.85 bits per heavy atom. The first-order valence-electron chi connectivity index (χ1n) is 10.2. The van der Waals surface area contributed by atoms with E-state index in [1.54, 1.807) is 6.07 Å². The van der Waals surface area contributed by atoms with Crippen molar-refractivity contribution in [1.29, 1.82) is 0 Å². The van der Waals surface area contributed by atoms with E-state index in [1.807, 2.05) is 23.9 Å². The van der Waals surface area contributed by atoms with Crippen molar-refractivity contribution >= 4 is 40.9 Å². The number of rotatable bonds is 7. The number of piperidine rings is 1. The van der Waals surface area contributed by atoms with Gasteiger partial charge in [-0.2, -0.15) is 11.8 Å². The average molecular weight is 429 g/mol. The van der Waals surface area contributed by atoms with E-state index in [9.17, 15) is 4.79 Å². The third-order valence-corrected chi connectivity index (χ3v) is 7.64. The normalized spacial score (nSPS) is 19.9. The first kappa shape index (κ1) is 21.3. The van der Waals surface area contributed by atoms with Gasteiger partial charge in [-0.1, -0.05) is 48.5 Å². The highest BCUT2D eigenvalue weighted by Gasteiger charge is 2.25. The summed E-state index contributed by atoms with van der Waals surface area (Å²) in [5, 5.41) is 5.36. The topological polar surface area (TPSA) is 32.3 Å². The summed E-state index contributed by atoms with van der Waals surface area (Å²) in [5.74, 6) is 1.44. The lowest BCUT2D eigenvalue weighted by molar-refractivity contribution is -0.126. The standard InChI is InChI=1S/C21H30Cl2N2OS/c22-18-7-6-17(20(23)14-18)15-25-11-8-16(9-12-25)21(26)24-10-13-27-19-4-2-1-3-5-19/h6-7,14,16,19H,1-5,8-13,15H2,(H,24,26). The van der Waals surface area contributed by atoms with E-state index in [-0.39, 0.29) is 11.8 Å². The predicted octanol–water partition coefficient (Wildman–Crippen LogP) is 5.39. The van der Waals surface area contributed by atoms with Crippen molar-refractivity contribution in [1.82, 2.24) is 10.2 Å². The van der Waals surface area contributed by atoms with Gasteiger partial charge < -0.3 is 5.32 Å². The molecule has 1 N–H and O–H groups in total. The summed E-state index contributed by atoms with van der Waals surface area (Å²) >= 11 is 14.3. The number of likely N-dealkylation sites (tertiary alicyclic amines) is 1. The molecule has 0 spiro atoms. The molecule has 1 amide bonds. The molecule has 0 aromatic heterocycles. The summed E-state index contributed by atoms with van der Waals surface area (Å²) in [6, 6.07) is 5.67. The smallest absolute Gasteiger partial charge is 0.223 e. The van der Waals surface area contributed by atoms with Gasteiger partial charge in [0.1, 0.15) is 0 Å². The minimum atomic E-state index is 0.154. The molecular weight excluding hydrogens is 399 g/mol. The maximum absolute atomic E-state index is 12.4. The van der Waals surface area contributed by atoms with Gasteiger partial charge in [0.05, 0.1) is 0 Å². The van der Waals surface area contributed by atoms with Gasteiger partial charge in [-0.15, -0.1) is 0 Å². The zero-order valence-corrected chi connectivity index (χ0v) is 18.2. The summed E-state index contributed by atoms with van der Waals surface area (Å²) in [4.78, 5) is 14.8. The van der Waals surface area contributed by atoms with Crippen LogP contribution in [0, 0.1) is 5.92 Å². The monoisotopic (exact) mass is 428 g/mol. The Bertz CT molecular complexity index is 614. The lowest BCUT2D eigenvalue weighted by Crippen LogP contribution is -2.40. The highest BCUT2D eigenvalue weighted by molar-refractivity contribution is 7.99. The van der Waals surface area contributed by atoms with Crippen LogP contribution < -0.4 is 5.32 Å². The van der Waals surface area contributed by atoms with E-state index in [4.69, 9.17) is 23.2 Å². The molecule has 1 heterocycles. The van der Waals surface area contributed by atoms with Gasteiger partial charge in [-0.05, 0) is 56.5 Å². The van der Waals surface area contributed by atoms with Crippen LogP contribution in [-0.2, 0) is 11.3 Å². The molecule has 0 bridgehead atoms. The number of hydrogen-bond donors (Lipinski definition) is 1. The number of amides is 1. The fourth-order valence-corrected chi connectivity index (χ4v) is 5.71. The van der Waals surface area contributed by atoms with E-state index >= 15 is 0 Å². The van der Waals surface area contributed by atoms with Crippen LogP contribution in [-0.4, -0.2) is 41.4 Å². The van der Waals surface area contributed by atoms with Gasteiger partial charge in [0.25, 0.3) is 0 Å². The number of benzene rings is 1. The van der Waals surface area contributed by atoms with E-state index in [1.165, 1.54) is 32.1 Å². The Morgan fingerprint density at radius 3 is 2.56 bits per heavy atom. The van der Waals surface area contributed by atoms with Crippen LogP contribution in [0.4, 0.5) is 0 Å². The van der Waals surface area contributed by atoms with Crippen LogP contribution in [0.3, 0.4) is 0 Å². The van der Waals surface area contributed by atoms with E-state index in [0.29, 0.717) is 5.02 Å². The highest BCUT2D eigenvalue weighted by atomic mass is 35.5. The molecule has 2 aliphatic rings. The fourth-order valence-electron chi connectivity index (χ4n) is 4.02. The molecule has 3 rings (SSSR count). The zero-order chi connectivity index (χ0) is 19.1. The highest BCUT2D eigenvalue weighted by Crippen LogP contribution is 2.28. The molecule has 1 saturated heterocycles. The van der Waals surface area contributed by atoms with Gasteiger partial charge in [0.2, 0.25) is 5.91 Å². The maximum atomic E-state index is 12.4. The molecule has 0 atom stereocenters. The maximum Gasteiger partial charge on any atom is 0.223 e. The minimum Gasteiger partial charge on any atom is -0.355 e. The molecule has 2 fully saturated rings. The molecule has 3 nitrogen and oxygen atoms in total. The summed E-state index contributed by atoms with van der Waals surface area (Å²) in [6.07, 6.45) is 8.72. The summed E-state index contributed by atoms with van der Waals surface area (Å²) in [7, 11) is 0. The van der Waals surface area contributed by atoms with Gasteiger partial charge in [0, 0.05) is 40.1 Å². The second kappa shape index (κ2) is 10.9. The second-order valence-corrected chi connectivity index (χ2v) is 9.96. The molecule has 1 aliphatic heterocycles. The number of halogens is 2. The Hall–Kier alpha value is -0.420. The fraction of sp³-hybridized carbons (Fsp3) is 0.667. The lowest BCUT2D eigenvalue weighted by atomic mass is 9.95. The molecule has 1 saturated carbocycles. The number of carbonyl (C=O) groups excluding carboxylic acids is 1. The predicted molar refractivity (Wildman–Crippen MR) is 117 cm³/mol. The number of thioether (sulfide) groups is 1. The largest absolute Gasteiger partial charge is 0.355 e. The van der Waals surface area contributed by atoms with Crippen molar-refractivity contribution in [3.8, 4) is 0 Å². The van der Waals surface area contributed by atoms with Gasteiger partial charge in [0.15, 0.2) is 0 Å². The first-order valence-corrected chi connectivity index (χ1v) is 12.0. The van der Waals surface area contributed by atoms with E-state index < -0.39 is 0 Å². The summed E-state index contributed by atoms with van der Waals surface area (Å²) < 4.78 is 0. The van der Waals surface area contributed by atoms with E-state index in [2.05, 4.69) is 10.2 Å². The quantitative estimate of drug-likeness (QED) is 0.590. The van der Waals surface area contributed by atoms with Crippen molar-refractivity contribution in [2.75, 3.05) is 25.4 Å². The Kier molecular flexibility index (Phi) is 8.63. The number of hydrogen-bond acceptors (Lipinski definition) is 3. The molecule has 1 aromatic rings. The molecule has 0 unspecified atom stereocenters. The Labute approximate surface area is 177 Å². The van der Waals surface area contributed by atoms with Crippen molar-refractivity contribution in [3.05, 3.63) is 33.8 Å². The SMILES string of the molecule is O=C(NCCSC1CCCCC1)C1CCN(Cc2ccc(Cl)cc2Cl)CC1. The summed E-state index contributed by atoms with van der Waals surface area (Å²) in [5.41, 5.74) is 1.10. The molecule has 27 heavy (non-hydrogen) atoms. The number of nitrogens with one attached hydrogen (secondary N) is 1. The summed E-state index contributed by atoms with van der Waals surface area (Å²) in [6.45, 7) is 3.50. The van der Waals surface area contributed by atoms with Crippen molar-refractivity contribution in [2.24, 2.45) is 5.92 Å². The third kappa shape index (κ3) is 6.85. The average Bonchev–Trinajstić information content (AvgIpc) is 2.69. The third-order valence-electron chi connectivity index (χ3n) is 5.67. The zero-order valence-electron chi connectivity index (χ0n) is 15.9. The number of carbonyl (C=O) groups is 1. The molecular formula is C21H30Cl2N2OS. The van der Waals surface area contributed by atoms with Crippen LogP contribution in [0.15, 0.2) is 18.2 Å². The molecule has 0 radical (unpaired) electrons. The molecule has 6 heteroatoms. The van der Waals surface area contributed by atoms with Crippen molar-refractivity contribution in [2.45, 2.75) is 56.7 Å². The van der Waals surface area contributed by atoms with Crippen LogP contribution in [0.1, 0.15) is 50.5 Å². The first-order chi connectivity index (χ1) is 13.1. The van der Waals surface area contributed by atoms with Gasteiger partial charge in [-0.25, -0.2) is 0 Å². The van der Waals surface area contributed by atoms with Crippen LogP contribution >= 0.6 is 35.0 Å². The van der Waals surface area contributed by atoms with Crippen molar-refractivity contribution < 1.29 is 4.79 Å². The second-order valence-electron chi connectivity index (χ2n) is 7.71. The van der Waals surface area contributed by atoms with Gasteiger partial charge >= 0.3 is 0 Å². The Morgan fingerprint density at radius 1 is 1.11 bits per heavy atom. The lowest BCUT2D eigenvalue weighted by Gasteiger charge is -2.31. The van der Waals surface area contributed by atoms with Crippen molar-refractivity contribution in [3.63, 3.8) is 0 Å². The van der Waals surface area contributed by atoms with E-state index in [0.717, 1.165) is 60.6 Å². The molecule has 150 valence electrons. The molecule has 1 aliphatic carbocycles. The minimum absolute atomic E-state index is 0.154. The van der Waals surface area contributed by atoms with Crippen LogP contribution in [0.5, 0.6) is 0 Å². The van der Waals surface area contributed by atoms with Gasteiger partial charge in [-0.3, -0.25) is 9.69 Å². The van der Waals surface area contributed by atoms with Crippen LogP contribution in [0.2, 0.25) is 10.0 Å².